The second kappa shape index (κ2) is 5.91. The maximum absolute atomic E-state index is 12.7. The van der Waals surface area contributed by atoms with Gasteiger partial charge in [-0.15, -0.1) is 11.3 Å². The Morgan fingerprint density at radius 3 is 2.89 bits per heavy atom. The number of nitrogens with one attached hydrogen (secondary N) is 1. The molecule has 1 fully saturated rings. The molecule has 1 aliphatic rings. The summed E-state index contributed by atoms with van der Waals surface area (Å²) in [5, 5.41) is 4.81. The van der Waals surface area contributed by atoms with Gasteiger partial charge >= 0.3 is 0 Å². The number of sulfonamides is 1. The predicted octanol–water partition coefficient (Wildman–Crippen LogP) is 2.28. The molecular weight excluding hydrogens is 280 g/mol. The van der Waals surface area contributed by atoms with Gasteiger partial charge in [0.1, 0.15) is 0 Å². The molecule has 4 nitrogen and oxygen atoms in total. The van der Waals surface area contributed by atoms with E-state index in [1.807, 2.05) is 7.05 Å². The molecule has 0 amide bonds. The minimum Gasteiger partial charge on any atom is -0.315 e. The summed E-state index contributed by atoms with van der Waals surface area (Å²) in [7, 11) is -1.45. The van der Waals surface area contributed by atoms with E-state index in [9.17, 15) is 8.42 Å². The average Bonchev–Trinajstić information content (AvgIpc) is 2.97. The molecule has 1 unspecified atom stereocenters. The zero-order chi connectivity index (χ0) is 14.0. The van der Waals surface area contributed by atoms with Crippen molar-refractivity contribution in [1.82, 2.24) is 9.62 Å². The van der Waals surface area contributed by atoms with Crippen LogP contribution in [0.2, 0.25) is 0 Å². The van der Waals surface area contributed by atoms with Crippen molar-refractivity contribution in [2.24, 2.45) is 5.92 Å². The van der Waals surface area contributed by atoms with Crippen molar-refractivity contribution in [3.63, 3.8) is 0 Å². The lowest BCUT2D eigenvalue weighted by Gasteiger charge is -2.26. The zero-order valence-electron chi connectivity index (χ0n) is 11.7. The van der Waals surface area contributed by atoms with Crippen LogP contribution >= 0.6 is 11.3 Å². The van der Waals surface area contributed by atoms with Gasteiger partial charge in [0.25, 0.3) is 0 Å². The number of hydrogen-bond donors (Lipinski definition) is 1. The van der Waals surface area contributed by atoms with E-state index in [0.717, 1.165) is 17.7 Å². The lowest BCUT2D eigenvalue weighted by Crippen LogP contribution is -2.38. The molecule has 2 heterocycles. The van der Waals surface area contributed by atoms with Crippen LogP contribution in [-0.4, -0.2) is 32.4 Å². The number of rotatable bonds is 5. The van der Waals surface area contributed by atoms with Gasteiger partial charge in [0.15, 0.2) is 0 Å². The molecule has 0 aromatic carbocycles. The average molecular weight is 302 g/mol. The van der Waals surface area contributed by atoms with E-state index in [4.69, 9.17) is 0 Å². The Hall–Kier alpha value is -0.430. The van der Waals surface area contributed by atoms with Crippen molar-refractivity contribution in [1.29, 1.82) is 0 Å². The highest BCUT2D eigenvalue weighted by Crippen LogP contribution is 2.31. The lowest BCUT2D eigenvalue weighted by atomic mass is 10.0. The highest BCUT2D eigenvalue weighted by Gasteiger charge is 2.37. The largest absolute Gasteiger partial charge is 0.315 e. The first kappa shape index (κ1) is 15.0. The molecule has 1 aromatic rings. The van der Waals surface area contributed by atoms with E-state index in [1.165, 1.54) is 11.3 Å². The van der Waals surface area contributed by atoms with Gasteiger partial charge in [-0.3, -0.25) is 0 Å². The van der Waals surface area contributed by atoms with E-state index < -0.39 is 10.0 Å². The van der Waals surface area contributed by atoms with Gasteiger partial charge in [0.05, 0.1) is 4.90 Å². The molecule has 108 valence electrons. The van der Waals surface area contributed by atoms with E-state index in [2.05, 4.69) is 19.2 Å². The van der Waals surface area contributed by atoms with Crippen molar-refractivity contribution < 1.29 is 8.42 Å². The Morgan fingerprint density at radius 1 is 1.53 bits per heavy atom. The van der Waals surface area contributed by atoms with Crippen LogP contribution in [0.4, 0.5) is 0 Å². The van der Waals surface area contributed by atoms with Gasteiger partial charge in [-0.2, -0.15) is 4.31 Å². The summed E-state index contributed by atoms with van der Waals surface area (Å²) >= 11 is 1.50. The summed E-state index contributed by atoms with van der Waals surface area (Å²) in [6, 6.07) is 1.95. The molecule has 1 aliphatic heterocycles. The third-order valence-corrected chi connectivity index (χ3v) is 6.59. The molecular formula is C13H22N2O2S2. The number of hydrogen-bond acceptors (Lipinski definition) is 4. The van der Waals surface area contributed by atoms with Crippen LogP contribution in [-0.2, 0) is 16.6 Å². The fourth-order valence-electron chi connectivity index (χ4n) is 2.63. The molecule has 1 atom stereocenters. The van der Waals surface area contributed by atoms with Gasteiger partial charge in [-0.25, -0.2) is 8.42 Å². The molecule has 1 aromatic heterocycles. The first-order valence-electron chi connectivity index (χ1n) is 6.70. The van der Waals surface area contributed by atoms with Crippen LogP contribution in [0.5, 0.6) is 0 Å². The van der Waals surface area contributed by atoms with E-state index in [0.29, 0.717) is 23.9 Å². The van der Waals surface area contributed by atoms with Crippen molar-refractivity contribution in [3.05, 3.63) is 16.3 Å². The minimum atomic E-state index is -3.31. The summed E-state index contributed by atoms with van der Waals surface area (Å²) in [5.74, 6) is 0.368. The lowest BCUT2D eigenvalue weighted by molar-refractivity contribution is 0.316. The standard InChI is InChI=1S/C13H22N2O2S2/c1-10(2)13-5-4-6-15(13)19(16,17)12-7-11(8-14-3)18-9-12/h7,9-10,13-14H,4-6,8H2,1-3H3. The van der Waals surface area contributed by atoms with Gasteiger partial charge in [-0.1, -0.05) is 13.8 Å². The summed E-state index contributed by atoms with van der Waals surface area (Å²) < 4.78 is 27.1. The fraction of sp³-hybridized carbons (Fsp3) is 0.692. The third-order valence-electron chi connectivity index (χ3n) is 3.61. The van der Waals surface area contributed by atoms with Crippen LogP contribution in [0.3, 0.4) is 0 Å². The molecule has 1 saturated heterocycles. The Bertz CT molecular complexity index is 523. The summed E-state index contributed by atoms with van der Waals surface area (Å²) in [5.41, 5.74) is 0. The molecule has 2 rings (SSSR count). The maximum Gasteiger partial charge on any atom is 0.244 e. The number of nitrogens with zero attached hydrogens (tertiary/aromatic N) is 1. The minimum absolute atomic E-state index is 0.151. The summed E-state index contributed by atoms with van der Waals surface area (Å²) in [4.78, 5) is 1.51. The monoisotopic (exact) mass is 302 g/mol. The smallest absolute Gasteiger partial charge is 0.244 e. The van der Waals surface area contributed by atoms with Crippen LogP contribution in [0.25, 0.3) is 0 Å². The van der Waals surface area contributed by atoms with Crippen LogP contribution < -0.4 is 5.32 Å². The zero-order valence-corrected chi connectivity index (χ0v) is 13.4. The van der Waals surface area contributed by atoms with Gasteiger partial charge < -0.3 is 5.32 Å². The van der Waals surface area contributed by atoms with E-state index in [1.54, 1.807) is 15.8 Å². The molecule has 0 spiro atoms. The van der Waals surface area contributed by atoms with E-state index >= 15 is 0 Å². The molecule has 1 N–H and O–H groups in total. The normalized spacial score (nSPS) is 21.4. The van der Waals surface area contributed by atoms with Crippen LogP contribution in [0.1, 0.15) is 31.6 Å². The van der Waals surface area contributed by atoms with E-state index in [-0.39, 0.29) is 6.04 Å². The Balaban J connectivity index is 2.25. The van der Waals surface area contributed by atoms with Crippen LogP contribution in [0.15, 0.2) is 16.3 Å². The Kier molecular flexibility index (Phi) is 4.66. The van der Waals surface area contributed by atoms with Crippen LogP contribution in [0, 0.1) is 5.92 Å². The quantitative estimate of drug-likeness (QED) is 0.908. The second-order valence-electron chi connectivity index (χ2n) is 5.35. The first-order chi connectivity index (χ1) is 8.96. The second-order valence-corrected chi connectivity index (χ2v) is 8.23. The van der Waals surface area contributed by atoms with Crippen molar-refractivity contribution in [2.75, 3.05) is 13.6 Å². The van der Waals surface area contributed by atoms with Gasteiger partial charge in [-0.05, 0) is 31.9 Å². The maximum atomic E-state index is 12.7. The Labute approximate surface area is 119 Å². The predicted molar refractivity (Wildman–Crippen MR) is 78.8 cm³/mol. The highest BCUT2D eigenvalue weighted by atomic mass is 32.2. The Morgan fingerprint density at radius 2 is 2.26 bits per heavy atom. The van der Waals surface area contributed by atoms with Gasteiger partial charge in [0.2, 0.25) is 10.0 Å². The SMILES string of the molecule is CNCc1cc(S(=O)(=O)N2CCCC2C(C)C)cs1. The number of thiophene rings is 1. The fourth-order valence-corrected chi connectivity index (χ4v) is 5.73. The van der Waals surface area contributed by atoms with Gasteiger partial charge in [0, 0.05) is 29.4 Å². The molecule has 0 radical (unpaired) electrons. The van der Waals surface area contributed by atoms with Crippen molar-refractivity contribution >= 4 is 21.4 Å². The third kappa shape index (κ3) is 3.02. The molecule has 0 aliphatic carbocycles. The summed E-state index contributed by atoms with van der Waals surface area (Å²) in [6.45, 7) is 5.56. The molecule has 19 heavy (non-hydrogen) atoms. The molecule has 0 saturated carbocycles. The molecule has 6 heteroatoms. The highest BCUT2D eigenvalue weighted by molar-refractivity contribution is 7.89. The van der Waals surface area contributed by atoms with Crippen molar-refractivity contribution in [2.45, 2.75) is 44.2 Å². The first-order valence-corrected chi connectivity index (χ1v) is 9.02. The molecule has 0 bridgehead atoms. The topological polar surface area (TPSA) is 49.4 Å². The van der Waals surface area contributed by atoms with Crippen molar-refractivity contribution in [3.8, 4) is 0 Å². The summed E-state index contributed by atoms with van der Waals surface area (Å²) in [6.07, 6.45) is 1.94.